The smallest absolute Gasteiger partial charge is 0.324 e. The molecule has 19 heavy (non-hydrogen) atoms. The van der Waals surface area contributed by atoms with Crippen LogP contribution in [-0.2, 0) is 9.59 Å². The Morgan fingerprint density at radius 3 is 2.26 bits per heavy atom. The predicted octanol–water partition coefficient (Wildman–Crippen LogP) is 1.60. The molecule has 6 nitrogen and oxygen atoms in total. The van der Waals surface area contributed by atoms with Gasteiger partial charge in [-0.3, -0.25) is 14.9 Å². The number of carbonyl (C=O) groups excluding carboxylic acids is 2. The van der Waals surface area contributed by atoms with Crippen LogP contribution in [-0.4, -0.2) is 41.0 Å². The van der Waals surface area contributed by atoms with Gasteiger partial charge in [-0.25, -0.2) is 4.79 Å². The molecule has 0 atom stereocenters. The van der Waals surface area contributed by atoms with Crippen LogP contribution in [0.5, 0.6) is 0 Å². The van der Waals surface area contributed by atoms with Crippen LogP contribution in [0.15, 0.2) is 0 Å². The van der Waals surface area contributed by atoms with Crippen molar-refractivity contribution >= 4 is 17.9 Å². The quantitative estimate of drug-likeness (QED) is 0.812. The van der Waals surface area contributed by atoms with E-state index in [2.05, 4.69) is 5.32 Å². The highest BCUT2D eigenvalue weighted by Crippen LogP contribution is 2.23. The largest absolute Gasteiger partial charge is 0.481 e. The van der Waals surface area contributed by atoms with E-state index in [0.717, 1.165) is 25.7 Å². The molecule has 3 amide bonds. The molecule has 6 heteroatoms. The number of carboxylic acids is 1. The van der Waals surface area contributed by atoms with E-state index < -0.39 is 23.3 Å². The summed E-state index contributed by atoms with van der Waals surface area (Å²) in [5.74, 6) is -1.61. The lowest BCUT2D eigenvalue weighted by Gasteiger charge is -2.25. The number of carbonyl (C=O) groups is 3. The lowest BCUT2D eigenvalue weighted by molar-refractivity contribution is -0.149. The van der Waals surface area contributed by atoms with E-state index in [4.69, 9.17) is 5.11 Å². The van der Waals surface area contributed by atoms with Gasteiger partial charge in [0.2, 0.25) is 5.91 Å². The molecule has 1 aliphatic carbocycles. The molecule has 0 aliphatic heterocycles. The van der Waals surface area contributed by atoms with Crippen LogP contribution in [0.2, 0.25) is 0 Å². The fourth-order valence-corrected chi connectivity index (χ4v) is 2.19. The molecule has 1 fully saturated rings. The Balaban J connectivity index is 2.47. The van der Waals surface area contributed by atoms with Gasteiger partial charge in [0.15, 0.2) is 0 Å². The van der Waals surface area contributed by atoms with Crippen LogP contribution in [0.25, 0.3) is 0 Å². The highest BCUT2D eigenvalue weighted by Gasteiger charge is 2.31. The van der Waals surface area contributed by atoms with Crippen molar-refractivity contribution in [2.75, 3.05) is 7.05 Å². The Morgan fingerprint density at radius 1 is 1.26 bits per heavy atom. The van der Waals surface area contributed by atoms with Crippen LogP contribution >= 0.6 is 0 Å². The molecule has 0 spiro atoms. The molecule has 1 rings (SSSR count). The minimum Gasteiger partial charge on any atom is -0.481 e. The fourth-order valence-electron chi connectivity index (χ4n) is 2.19. The average Bonchev–Trinajstić information content (AvgIpc) is 2.79. The molecule has 0 unspecified atom stereocenters. The highest BCUT2D eigenvalue weighted by atomic mass is 16.4. The first-order chi connectivity index (χ1) is 8.74. The van der Waals surface area contributed by atoms with E-state index >= 15 is 0 Å². The van der Waals surface area contributed by atoms with Crippen molar-refractivity contribution in [2.24, 2.45) is 5.41 Å². The van der Waals surface area contributed by atoms with Gasteiger partial charge in [0, 0.05) is 19.5 Å². The van der Waals surface area contributed by atoms with Gasteiger partial charge >= 0.3 is 12.0 Å². The summed E-state index contributed by atoms with van der Waals surface area (Å²) in [5, 5.41) is 11.2. The molecule has 0 aromatic carbocycles. The van der Waals surface area contributed by atoms with Gasteiger partial charge in [-0.2, -0.15) is 0 Å². The zero-order chi connectivity index (χ0) is 14.6. The molecular formula is C13H22N2O4. The molecule has 2 N–H and O–H groups in total. The summed E-state index contributed by atoms with van der Waals surface area (Å²) in [6.07, 6.45) is 3.90. The Bertz CT molecular complexity index is 373. The second-order valence-corrected chi connectivity index (χ2v) is 5.77. The summed E-state index contributed by atoms with van der Waals surface area (Å²) in [7, 11) is 1.67. The number of nitrogens with zero attached hydrogens (tertiary/aromatic N) is 1. The van der Waals surface area contributed by atoms with Crippen LogP contribution in [0.3, 0.4) is 0 Å². The summed E-state index contributed by atoms with van der Waals surface area (Å²) in [5.41, 5.74) is -1.17. The van der Waals surface area contributed by atoms with Crippen molar-refractivity contribution in [3.8, 4) is 0 Å². The molecule has 0 radical (unpaired) electrons. The van der Waals surface area contributed by atoms with Crippen LogP contribution in [0.4, 0.5) is 4.79 Å². The Labute approximate surface area is 113 Å². The number of hydrogen-bond acceptors (Lipinski definition) is 3. The van der Waals surface area contributed by atoms with Gasteiger partial charge in [-0.15, -0.1) is 0 Å². The van der Waals surface area contributed by atoms with Crippen LogP contribution < -0.4 is 5.32 Å². The number of carboxylic acid groups (broad SMARTS) is 1. The average molecular weight is 270 g/mol. The van der Waals surface area contributed by atoms with Crippen LogP contribution in [0, 0.1) is 5.41 Å². The Hall–Kier alpha value is -1.59. The zero-order valence-electron chi connectivity index (χ0n) is 11.7. The molecule has 0 aromatic rings. The number of aliphatic carboxylic acids is 1. The van der Waals surface area contributed by atoms with E-state index in [1.54, 1.807) is 11.9 Å². The molecule has 108 valence electrons. The summed E-state index contributed by atoms with van der Waals surface area (Å²) in [4.78, 5) is 36.0. The molecule has 0 saturated heterocycles. The third-order valence-corrected chi connectivity index (χ3v) is 3.62. The first-order valence-corrected chi connectivity index (χ1v) is 6.54. The molecule has 0 heterocycles. The van der Waals surface area contributed by atoms with E-state index in [-0.39, 0.29) is 12.5 Å². The Kier molecular flexibility index (Phi) is 4.91. The van der Waals surface area contributed by atoms with Crippen LogP contribution in [0.1, 0.15) is 46.0 Å². The number of rotatable bonds is 4. The molecule has 1 aliphatic rings. The first kappa shape index (κ1) is 15.5. The van der Waals surface area contributed by atoms with E-state index in [1.807, 2.05) is 0 Å². The maximum absolute atomic E-state index is 11.8. The number of hydrogen-bond donors (Lipinski definition) is 2. The lowest BCUT2D eigenvalue weighted by Crippen LogP contribution is -2.46. The monoisotopic (exact) mass is 270 g/mol. The van der Waals surface area contributed by atoms with Gasteiger partial charge in [0.25, 0.3) is 0 Å². The maximum Gasteiger partial charge on any atom is 0.324 e. The predicted molar refractivity (Wildman–Crippen MR) is 69.6 cm³/mol. The third kappa shape index (κ3) is 4.22. The minimum atomic E-state index is -1.17. The van der Waals surface area contributed by atoms with Crippen molar-refractivity contribution in [3.63, 3.8) is 0 Å². The SMILES string of the molecule is CN(C(=O)NC(=O)CC(C)(C)C(=O)O)C1CCCC1. The molecule has 0 bridgehead atoms. The van der Waals surface area contributed by atoms with E-state index in [9.17, 15) is 14.4 Å². The zero-order valence-corrected chi connectivity index (χ0v) is 11.7. The maximum atomic E-state index is 11.8. The summed E-state index contributed by atoms with van der Waals surface area (Å²) < 4.78 is 0. The topological polar surface area (TPSA) is 86.7 Å². The van der Waals surface area contributed by atoms with Gasteiger partial charge in [-0.05, 0) is 26.7 Å². The summed E-state index contributed by atoms with van der Waals surface area (Å²) in [6.45, 7) is 2.92. The van der Waals surface area contributed by atoms with Gasteiger partial charge in [0.05, 0.1) is 5.41 Å². The fraction of sp³-hybridized carbons (Fsp3) is 0.769. The van der Waals surface area contributed by atoms with E-state index in [1.165, 1.54) is 13.8 Å². The van der Waals surface area contributed by atoms with Gasteiger partial charge in [0.1, 0.15) is 0 Å². The summed E-state index contributed by atoms with van der Waals surface area (Å²) in [6, 6.07) is -0.265. The minimum absolute atomic E-state index is 0.181. The highest BCUT2D eigenvalue weighted by molar-refractivity contribution is 5.96. The number of nitrogens with one attached hydrogen (secondary N) is 1. The number of amides is 3. The van der Waals surface area contributed by atoms with Crippen molar-refractivity contribution in [1.29, 1.82) is 0 Å². The van der Waals surface area contributed by atoms with Crippen molar-refractivity contribution in [2.45, 2.75) is 52.0 Å². The molecule has 1 saturated carbocycles. The van der Waals surface area contributed by atoms with Crippen molar-refractivity contribution < 1.29 is 19.5 Å². The van der Waals surface area contributed by atoms with Crippen molar-refractivity contribution in [1.82, 2.24) is 10.2 Å². The normalized spacial score (nSPS) is 16.2. The first-order valence-electron chi connectivity index (χ1n) is 6.54. The second kappa shape index (κ2) is 6.04. The van der Waals surface area contributed by atoms with Gasteiger partial charge in [-0.1, -0.05) is 12.8 Å². The molecular weight excluding hydrogens is 248 g/mol. The Morgan fingerprint density at radius 2 is 1.79 bits per heavy atom. The molecule has 0 aromatic heterocycles. The number of urea groups is 1. The second-order valence-electron chi connectivity index (χ2n) is 5.77. The lowest BCUT2D eigenvalue weighted by atomic mass is 9.89. The van der Waals surface area contributed by atoms with Crippen molar-refractivity contribution in [3.05, 3.63) is 0 Å². The third-order valence-electron chi connectivity index (χ3n) is 3.62. The van der Waals surface area contributed by atoms with E-state index in [0.29, 0.717) is 0 Å². The van der Waals surface area contributed by atoms with Gasteiger partial charge < -0.3 is 10.0 Å². The number of imide groups is 1. The summed E-state index contributed by atoms with van der Waals surface area (Å²) >= 11 is 0. The standard InChI is InChI=1S/C13H22N2O4/c1-13(2,11(17)18)8-10(16)14-12(19)15(3)9-6-4-5-7-9/h9H,4-8H2,1-3H3,(H,17,18)(H,14,16,19).